The maximum Gasteiger partial charge on any atom is 0.300 e. The van der Waals surface area contributed by atoms with E-state index in [0.29, 0.717) is 19.8 Å². The fourth-order valence-corrected chi connectivity index (χ4v) is 0.831. The van der Waals surface area contributed by atoms with Crippen molar-refractivity contribution >= 4 is 5.91 Å². The smallest absolute Gasteiger partial charge is 0.300 e. The van der Waals surface area contributed by atoms with Gasteiger partial charge in [-0.25, -0.2) is 5.48 Å². The quantitative estimate of drug-likeness (QED) is 0.604. The summed E-state index contributed by atoms with van der Waals surface area (Å²) >= 11 is 0. The predicted octanol–water partition coefficient (Wildman–Crippen LogP) is -0.183. The first-order valence-corrected chi connectivity index (χ1v) is 3.99. The van der Waals surface area contributed by atoms with E-state index in [-0.39, 0.29) is 5.91 Å². The number of hydroxylamine groups is 1. The number of rotatable bonds is 3. The predicted molar refractivity (Wildman–Crippen MR) is 40.1 cm³/mol. The lowest BCUT2D eigenvalue weighted by molar-refractivity contribution is -0.199. The van der Waals surface area contributed by atoms with Gasteiger partial charge in [-0.1, -0.05) is 0 Å². The third-order valence-electron chi connectivity index (χ3n) is 1.36. The summed E-state index contributed by atoms with van der Waals surface area (Å²) in [5.41, 5.74) is 2.21. The van der Waals surface area contributed by atoms with Gasteiger partial charge in [0.1, 0.15) is 0 Å². The highest BCUT2D eigenvalue weighted by Crippen LogP contribution is 2.03. The van der Waals surface area contributed by atoms with Crippen molar-refractivity contribution in [2.45, 2.75) is 19.6 Å². The Balaban J connectivity index is 2.20. The zero-order valence-corrected chi connectivity index (χ0v) is 7.04. The van der Waals surface area contributed by atoms with Crippen molar-refractivity contribution in [1.82, 2.24) is 5.48 Å². The number of ether oxygens (including phenoxy) is 2. The zero-order valence-electron chi connectivity index (χ0n) is 7.04. The molecule has 0 aliphatic carbocycles. The van der Waals surface area contributed by atoms with Gasteiger partial charge in [-0.2, -0.15) is 0 Å². The van der Waals surface area contributed by atoms with E-state index in [1.165, 1.54) is 0 Å². The Morgan fingerprint density at radius 3 is 2.83 bits per heavy atom. The third kappa shape index (κ3) is 2.77. The van der Waals surface area contributed by atoms with Crippen LogP contribution in [-0.4, -0.2) is 32.0 Å². The van der Waals surface area contributed by atoms with Gasteiger partial charge in [0.15, 0.2) is 0 Å². The average Bonchev–Trinajstić information content (AvgIpc) is 2.15. The van der Waals surface area contributed by atoms with Crippen LogP contribution in [-0.2, 0) is 19.1 Å². The fraction of sp³-hybridized carbons (Fsp3) is 0.857. The van der Waals surface area contributed by atoms with E-state index in [0.717, 1.165) is 6.42 Å². The lowest BCUT2D eigenvalue weighted by Crippen LogP contribution is -2.40. The number of carbonyl (C=O) groups is 1. The number of amides is 1. The molecule has 0 atom stereocenters. The first kappa shape index (κ1) is 9.44. The van der Waals surface area contributed by atoms with Gasteiger partial charge in [-0.15, -0.1) is 0 Å². The van der Waals surface area contributed by atoms with Crippen LogP contribution in [0.1, 0.15) is 13.3 Å². The summed E-state index contributed by atoms with van der Waals surface area (Å²) in [5, 5.41) is 0. The summed E-state index contributed by atoms with van der Waals surface area (Å²) in [4.78, 5) is 15.8. The van der Waals surface area contributed by atoms with Crippen LogP contribution >= 0.6 is 0 Å². The number of nitrogens with one attached hydrogen (secondary N) is 1. The van der Waals surface area contributed by atoms with E-state index in [1.54, 1.807) is 6.92 Å². The second kappa shape index (κ2) is 5.08. The van der Waals surface area contributed by atoms with Crippen molar-refractivity contribution in [1.29, 1.82) is 0 Å². The minimum atomic E-state index is -0.801. The van der Waals surface area contributed by atoms with E-state index < -0.39 is 6.29 Å². The molecular formula is C7H13NO4. The van der Waals surface area contributed by atoms with E-state index >= 15 is 0 Å². The Hall–Kier alpha value is -0.650. The Kier molecular flexibility index (Phi) is 3.99. The number of carbonyl (C=O) groups excluding carboxylic acids is 1. The van der Waals surface area contributed by atoms with Gasteiger partial charge in [0.25, 0.3) is 5.91 Å². The topological polar surface area (TPSA) is 56.8 Å². The molecule has 1 heterocycles. The summed E-state index contributed by atoms with van der Waals surface area (Å²) in [7, 11) is 0. The summed E-state index contributed by atoms with van der Waals surface area (Å²) in [6.45, 7) is 3.33. The molecule has 0 aromatic carbocycles. The molecule has 0 aromatic rings. The minimum Gasteiger partial charge on any atom is -0.344 e. The van der Waals surface area contributed by atoms with Crippen LogP contribution < -0.4 is 5.48 Å². The van der Waals surface area contributed by atoms with Crippen molar-refractivity contribution in [3.63, 3.8) is 0 Å². The highest BCUT2D eigenvalue weighted by atomic mass is 16.7. The van der Waals surface area contributed by atoms with Crippen molar-refractivity contribution in [3.05, 3.63) is 0 Å². The monoisotopic (exact) mass is 175 g/mol. The molecular weight excluding hydrogens is 162 g/mol. The van der Waals surface area contributed by atoms with Crippen molar-refractivity contribution < 1.29 is 19.1 Å². The molecule has 1 amide bonds. The van der Waals surface area contributed by atoms with E-state index in [9.17, 15) is 4.79 Å². The summed E-state index contributed by atoms with van der Waals surface area (Å²) < 4.78 is 10.0. The second-order valence-electron chi connectivity index (χ2n) is 2.33. The Morgan fingerprint density at radius 1 is 1.58 bits per heavy atom. The van der Waals surface area contributed by atoms with Crippen molar-refractivity contribution in [3.8, 4) is 0 Å². The fourth-order valence-electron chi connectivity index (χ4n) is 0.831. The Bertz CT molecular complexity index is 144. The van der Waals surface area contributed by atoms with Crippen molar-refractivity contribution in [2.75, 3.05) is 19.8 Å². The highest BCUT2D eigenvalue weighted by Gasteiger charge is 2.22. The molecule has 0 radical (unpaired) electrons. The Morgan fingerprint density at radius 2 is 2.25 bits per heavy atom. The summed E-state index contributed by atoms with van der Waals surface area (Å²) in [5.74, 6) is -0.378. The van der Waals surface area contributed by atoms with Crippen LogP contribution in [0.3, 0.4) is 0 Å². The molecule has 1 saturated heterocycles. The van der Waals surface area contributed by atoms with Gasteiger partial charge in [-0.3, -0.25) is 9.63 Å². The van der Waals surface area contributed by atoms with Crippen LogP contribution in [0.4, 0.5) is 0 Å². The van der Waals surface area contributed by atoms with Crippen LogP contribution in [0.2, 0.25) is 0 Å². The van der Waals surface area contributed by atoms with E-state index in [4.69, 9.17) is 9.47 Å². The van der Waals surface area contributed by atoms with Crippen molar-refractivity contribution in [2.24, 2.45) is 0 Å². The molecule has 0 aromatic heterocycles. The Labute approximate surface area is 70.9 Å². The first-order chi connectivity index (χ1) is 5.84. The van der Waals surface area contributed by atoms with Crippen LogP contribution in [0, 0.1) is 0 Å². The maximum atomic E-state index is 11.1. The zero-order chi connectivity index (χ0) is 8.81. The number of hydrogen-bond donors (Lipinski definition) is 1. The molecule has 5 heteroatoms. The molecule has 1 aliphatic heterocycles. The largest absolute Gasteiger partial charge is 0.344 e. The minimum absolute atomic E-state index is 0.378. The van der Waals surface area contributed by atoms with Gasteiger partial charge in [-0.05, 0) is 13.3 Å². The average molecular weight is 175 g/mol. The molecule has 1 aliphatic rings. The first-order valence-electron chi connectivity index (χ1n) is 3.99. The molecule has 12 heavy (non-hydrogen) atoms. The maximum absolute atomic E-state index is 11.1. The summed E-state index contributed by atoms with van der Waals surface area (Å²) in [6.07, 6.45) is 0.0311. The molecule has 0 saturated carbocycles. The molecule has 5 nitrogen and oxygen atoms in total. The standard InChI is InChI=1S/C7H13NO4/c1-2-12-8-6(9)7-10-4-3-5-11-7/h7H,2-5H2,1H3,(H,8,9). The van der Waals surface area contributed by atoms with Gasteiger partial charge in [0.2, 0.25) is 6.29 Å². The molecule has 70 valence electrons. The normalized spacial score (nSPS) is 19.1. The van der Waals surface area contributed by atoms with Gasteiger partial charge < -0.3 is 9.47 Å². The molecule has 1 rings (SSSR count). The van der Waals surface area contributed by atoms with E-state index in [2.05, 4.69) is 10.3 Å². The van der Waals surface area contributed by atoms with Gasteiger partial charge in [0.05, 0.1) is 19.8 Å². The third-order valence-corrected chi connectivity index (χ3v) is 1.36. The van der Waals surface area contributed by atoms with Crippen LogP contribution in [0.15, 0.2) is 0 Å². The lowest BCUT2D eigenvalue weighted by atomic mass is 10.4. The SMILES string of the molecule is CCONC(=O)C1OCCCO1. The summed E-state index contributed by atoms with van der Waals surface area (Å²) in [6, 6.07) is 0. The van der Waals surface area contributed by atoms with Gasteiger partial charge in [0, 0.05) is 0 Å². The molecule has 1 N–H and O–H groups in total. The molecule has 0 bridgehead atoms. The molecule has 0 spiro atoms. The molecule has 1 fully saturated rings. The van der Waals surface area contributed by atoms with Crippen LogP contribution in [0.25, 0.3) is 0 Å². The molecule has 0 unspecified atom stereocenters. The number of hydrogen-bond acceptors (Lipinski definition) is 4. The van der Waals surface area contributed by atoms with Gasteiger partial charge >= 0.3 is 0 Å². The van der Waals surface area contributed by atoms with E-state index in [1.807, 2.05) is 0 Å². The second-order valence-corrected chi connectivity index (χ2v) is 2.33. The lowest BCUT2D eigenvalue weighted by Gasteiger charge is -2.21. The van der Waals surface area contributed by atoms with Crippen LogP contribution in [0.5, 0.6) is 0 Å². The highest BCUT2D eigenvalue weighted by molar-refractivity contribution is 5.78.